The summed E-state index contributed by atoms with van der Waals surface area (Å²) in [6.45, 7) is 0. The van der Waals surface area contributed by atoms with Crippen molar-refractivity contribution in [3.8, 4) is 55.6 Å². The molecule has 0 saturated carbocycles. The topological polar surface area (TPSA) is 3.24 Å². The van der Waals surface area contributed by atoms with Crippen LogP contribution in [0.4, 0.5) is 17.1 Å². The van der Waals surface area contributed by atoms with Crippen LogP contribution in [0.2, 0.25) is 0 Å². The molecule has 12 aromatic carbocycles. The maximum absolute atomic E-state index is 2.48. The maximum atomic E-state index is 2.48. The SMILES string of the molecule is c1ccc(-c2ccccc2N(c2cccc(-c3cccc4c3C(c3ccccc3)(c3ccccc3)c3ccccc3-4)c2)c2cccc(-c3cccc4c3C(c3ccccc3)(c3ccccc3)c3ccccc3-4)c2)cc1. The van der Waals surface area contributed by atoms with Crippen molar-refractivity contribution in [2.75, 3.05) is 4.90 Å². The number of para-hydroxylation sites is 1. The molecule has 1 heteroatoms. The molecule has 0 atom stereocenters. The molecule has 0 N–H and O–H groups in total. The molecular weight excluding hydrogens is 903 g/mol. The first-order valence-corrected chi connectivity index (χ1v) is 26.1. The van der Waals surface area contributed by atoms with Gasteiger partial charge in [0.2, 0.25) is 0 Å². The Hall–Kier alpha value is -9.56. The van der Waals surface area contributed by atoms with Crippen LogP contribution >= 0.6 is 0 Å². The number of benzene rings is 12. The largest absolute Gasteiger partial charge is 0.310 e. The highest BCUT2D eigenvalue weighted by molar-refractivity contribution is 5.97. The molecule has 12 aromatic rings. The second-order valence-corrected chi connectivity index (χ2v) is 19.8. The van der Waals surface area contributed by atoms with Crippen molar-refractivity contribution in [3.63, 3.8) is 0 Å². The molecule has 0 saturated heterocycles. The molecule has 2 aliphatic rings. The monoisotopic (exact) mass is 953 g/mol. The third kappa shape index (κ3) is 6.86. The molecular formula is C74H51N. The highest BCUT2D eigenvalue weighted by Crippen LogP contribution is 2.61. The first-order chi connectivity index (χ1) is 37.2. The van der Waals surface area contributed by atoms with Crippen LogP contribution in [0, 0.1) is 0 Å². The van der Waals surface area contributed by atoms with Crippen LogP contribution in [0.5, 0.6) is 0 Å². The minimum atomic E-state index is -0.556. The fraction of sp³-hybridized carbons (Fsp3) is 0.0270. The quantitative estimate of drug-likeness (QED) is 0.132. The standard InChI is InChI=1S/C74H51N/c1-6-26-52(27-7-1)61-40-18-21-49-70(61)75(59-38-22-28-53(50-59)62-43-24-45-66-64-41-16-19-47-68(64)73(71(62)66,55-30-8-2-9-31-55)56-32-10-3-11-33-56)60-39-23-29-54(51-60)63-44-25-46-67-65-42-17-20-48-69(65)74(72(63)67,57-34-12-4-13-35-57)58-36-14-5-15-37-58/h1-51H. The van der Waals surface area contributed by atoms with Crippen molar-refractivity contribution in [1.29, 1.82) is 0 Å². The Labute approximate surface area is 440 Å². The van der Waals surface area contributed by atoms with Gasteiger partial charge in [-0.25, -0.2) is 0 Å². The van der Waals surface area contributed by atoms with E-state index in [0.29, 0.717) is 0 Å². The van der Waals surface area contributed by atoms with E-state index in [1.165, 1.54) is 77.9 Å². The van der Waals surface area contributed by atoms with E-state index in [1.54, 1.807) is 0 Å². The Morgan fingerprint density at radius 1 is 0.213 bits per heavy atom. The van der Waals surface area contributed by atoms with Gasteiger partial charge in [0.1, 0.15) is 0 Å². The molecule has 2 aliphatic carbocycles. The molecule has 0 amide bonds. The van der Waals surface area contributed by atoms with Gasteiger partial charge in [-0.15, -0.1) is 0 Å². The summed E-state index contributed by atoms with van der Waals surface area (Å²) in [7, 11) is 0. The summed E-state index contributed by atoms with van der Waals surface area (Å²) in [5.74, 6) is 0. The van der Waals surface area contributed by atoms with Gasteiger partial charge < -0.3 is 4.90 Å². The van der Waals surface area contributed by atoms with Gasteiger partial charge in [-0.05, 0) is 125 Å². The van der Waals surface area contributed by atoms with Gasteiger partial charge in [-0.1, -0.05) is 279 Å². The molecule has 0 heterocycles. The van der Waals surface area contributed by atoms with E-state index in [2.05, 4.69) is 314 Å². The molecule has 0 radical (unpaired) electrons. The third-order valence-corrected chi connectivity index (χ3v) is 16.0. The van der Waals surface area contributed by atoms with Crippen molar-refractivity contribution in [1.82, 2.24) is 0 Å². The van der Waals surface area contributed by atoms with E-state index in [9.17, 15) is 0 Å². The van der Waals surface area contributed by atoms with Crippen molar-refractivity contribution in [2.45, 2.75) is 10.8 Å². The van der Waals surface area contributed by atoms with Crippen LogP contribution in [-0.4, -0.2) is 0 Å². The molecule has 0 unspecified atom stereocenters. The molecule has 352 valence electrons. The molecule has 0 bridgehead atoms. The molecule has 14 rings (SSSR count). The van der Waals surface area contributed by atoms with Crippen LogP contribution in [0.3, 0.4) is 0 Å². The fourth-order valence-electron chi connectivity index (χ4n) is 13.1. The Kier molecular flexibility index (Phi) is 10.7. The van der Waals surface area contributed by atoms with Gasteiger partial charge in [-0.2, -0.15) is 0 Å². The van der Waals surface area contributed by atoms with Crippen molar-refractivity contribution in [2.24, 2.45) is 0 Å². The van der Waals surface area contributed by atoms with Crippen LogP contribution in [0.1, 0.15) is 44.5 Å². The Bertz CT molecular complexity index is 3740. The highest BCUT2D eigenvalue weighted by Gasteiger charge is 2.49. The zero-order valence-corrected chi connectivity index (χ0v) is 41.4. The summed E-state index contributed by atoms with van der Waals surface area (Å²) in [6, 6.07) is 115. The molecule has 0 spiro atoms. The van der Waals surface area contributed by atoms with Gasteiger partial charge in [0.15, 0.2) is 0 Å². The van der Waals surface area contributed by atoms with E-state index >= 15 is 0 Å². The zero-order valence-electron chi connectivity index (χ0n) is 41.4. The smallest absolute Gasteiger partial charge is 0.0719 e. The highest BCUT2D eigenvalue weighted by atomic mass is 15.1. The first-order valence-electron chi connectivity index (χ1n) is 26.1. The van der Waals surface area contributed by atoms with Crippen LogP contribution < -0.4 is 4.90 Å². The van der Waals surface area contributed by atoms with E-state index in [4.69, 9.17) is 0 Å². The number of hydrogen-bond acceptors (Lipinski definition) is 1. The lowest BCUT2D eigenvalue weighted by atomic mass is 9.66. The summed E-state index contributed by atoms with van der Waals surface area (Å²) < 4.78 is 0. The summed E-state index contributed by atoms with van der Waals surface area (Å²) in [6.07, 6.45) is 0. The average Bonchev–Trinajstić information content (AvgIpc) is 4.11. The number of fused-ring (bicyclic) bond motifs is 6. The second kappa shape index (κ2) is 18.2. The van der Waals surface area contributed by atoms with Gasteiger partial charge >= 0.3 is 0 Å². The average molecular weight is 954 g/mol. The third-order valence-electron chi connectivity index (χ3n) is 16.0. The molecule has 0 aromatic heterocycles. The number of hydrogen-bond donors (Lipinski definition) is 0. The molecule has 0 fully saturated rings. The number of rotatable bonds is 10. The van der Waals surface area contributed by atoms with Crippen LogP contribution in [-0.2, 0) is 10.8 Å². The van der Waals surface area contributed by atoms with Crippen molar-refractivity contribution >= 4 is 17.1 Å². The predicted molar refractivity (Wildman–Crippen MR) is 312 cm³/mol. The predicted octanol–water partition coefficient (Wildman–Crippen LogP) is 18.9. The number of nitrogens with zero attached hydrogens (tertiary/aromatic N) is 1. The minimum absolute atomic E-state index is 0.556. The first kappa shape index (κ1) is 44.2. The normalized spacial score (nSPS) is 13.3. The van der Waals surface area contributed by atoms with Crippen LogP contribution in [0.15, 0.2) is 309 Å². The van der Waals surface area contributed by atoms with Crippen molar-refractivity contribution in [3.05, 3.63) is 354 Å². The lowest BCUT2D eigenvalue weighted by molar-refractivity contribution is 0.770. The Morgan fingerprint density at radius 2 is 0.520 bits per heavy atom. The summed E-state index contributed by atoms with van der Waals surface area (Å²) in [5.41, 5.74) is 24.4. The van der Waals surface area contributed by atoms with Crippen LogP contribution in [0.25, 0.3) is 55.6 Å². The Morgan fingerprint density at radius 3 is 0.947 bits per heavy atom. The summed E-state index contributed by atoms with van der Waals surface area (Å²) >= 11 is 0. The van der Waals surface area contributed by atoms with Crippen molar-refractivity contribution < 1.29 is 0 Å². The lowest BCUT2D eigenvalue weighted by Crippen LogP contribution is -2.29. The van der Waals surface area contributed by atoms with Gasteiger partial charge in [0, 0.05) is 16.9 Å². The second-order valence-electron chi connectivity index (χ2n) is 19.8. The van der Waals surface area contributed by atoms with Gasteiger partial charge in [0.05, 0.1) is 16.5 Å². The molecule has 75 heavy (non-hydrogen) atoms. The summed E-state index contributed by atoms with van der Waals surface area (Å²) in [5, 5.41) is 0. The van der Waals surface area contributed by atoms with Gasteiger partial charge in [0.25, 0.3) is 0 Å². The van der Waals surface area contributed by atoms with E-state index in [1.807, 2.05) is 0 Å². The van der Waals surface area contributed by atoms with E-state index < -0.39 is 10.8 Å². The minimum Gasteiger partial charge on any atom is -0.310 e. The summed E-state index contributed by atoms with van der Waals surface area (Å²) in [4.78, 5) is 2.48. The molecule has 1 nitrogen and oxygen atoms in total. The maximum Gasteiger partial charge on any atom is 0.0719 e. The molecule has 0 aliphatic heterocycles. The van der Waals surface area contributed by atoms with E-state index in [0.717, 1.165) is 39.3 Å². The Balaban J connectivity index is 1.00. The van der Waals surface area contributed by atoms with E-state index in [-0.39, 0.29) is 0 Å². The van der Waals surface area contributed by atoms with Gasteiger partial charge in [-0.3, -0.25) is 0 Å². The fourth-order valence-corrected chi connectivity index (χ4v) is 13.1. The zero-order chi connectivity index (χ0) is 49.8. The lowest BCUT2D eigenvalue weighted by Gasteiger charge is -2.35. The number of anilines is 3.